The van der Waals surface area contributed by atoms with Crippen LogP contribution in [0.2, 0.25) is 0 Å². The van der Waals surface area contributed by atoms with Gasteiger partial charge in [-0.1, -0.05) is 17.4 Å². The summed E-state index contributed by atoms with van der Waals surface area (Å²) in [4.78, 5) is 19.0. The number of aryl methyl sites for hydroxylation is 2. The maximum absolute atomic E-state index is 14.0. The number of aromatic nitrogens is 3. The number of thiazole rings is 1. The zero-order valence-corrected chi connectivity index (χ0v) is 15.0. The first-order valence-electron chi connectivity index (χ1n) is 7.93. The Bertz CT molecular complexity index is 1080. The summed E-state index contributed by atoms with van der Waals surface area (Å²) in [7, 11) is 1.71. The number of hydrogen-bond acceptors (Lipinski definition) is 5. The molecule has 0 fully saturated rings. The van der Waals surface area contributed by atoms with E-state index in [0.29, 0.717) is 21.3 Å². The number of hydrogen-bond donors (Lipinski definition) is 0. The Morgan fingerprint density at radius 3 is 2.85 bits per heavy atom. The van der Waals surface area contributed by atoms with Gasteiger partial charge in [0.05, 0.1) is 23.2 Å². The maximum atomic E-state index is 14.0. The number of halogens is 1. The third kappa shape index (κ3) is 2.88. The molecule has 0 bridgehead atoms. The van der Waals surface area contributed by atoms with Crippen molar-refractivity contribution in [3.8, 4) is 0 Å². The van der Waals surface area contributed by atoms with E-state index in [1.165, 1.54) is 27.0 Å². The van der Waals surface area contributed by atoms with Gasteiger partial charge in [0.2, 0.25) is 0 Å². The van der Waals surface area contributed by atoms with Gasteiger partial charge >= 0.3 is 0 Å². The molecule has 0 aliphatic carbocycles. The molecule has 0 aliphatic rings. The van der Waals surface area contributed by atoms with Gasteiger partial charge in [-0.2, -0.15) is 5.10 Å². The van der Waals surface area contributed by atoms with Crippen molar-refractivity contribution in [3.05, 3.63) is 65.6 Å². The summed E-state index contributed by atoms with van der Waals surface area (Å²) >= 11 is 1.26. The van der Waals surface area contributed by atoms with Gasteiger partial charge in [-0.3, -0.25) is 14.4 Å². The van der Waals surface area contributed by atoms with Gasteiger partial charge in [-0.15, -0.1) is 0 Å². The molecule has 0 unspecified atom stereocenters. The smallest absolute Gasteiger partial charge is 0.278 e. The number of rotatable bonds is 4. The molecule has 4 aromatic rings. The van der Waals surface area contributed by atoms with E-state index in [1.807, 2.05) is 6.92 Å². The summed E-state index contributed by atoms with van der Waals surface area (Å²) in [6.07, 6.45) is 1.55. The van der Waals surface area contributed by atoms with Gasteiger partial charge in [-0.05, 0) is 37.3 Å². The molecule has 132 valence electrons. The Kier molecular flexibility index (Phi) is 4.04. The van der Waals surface area contributed by atoms with E-state index < -0.39 is 5.82 Å². The van der Waals surface area contributed by atoms with E-state index in [0.717, 1.165) is 5.69 Å². The van der Waals surface area contributed by atoms with Gasteiger partial charge in [-0.25, -0.2) is 9.37 Å². The Morgan fingerprint density at radius 1 is 1.35 bits per heavy atom. The molecule has 8 heteroatoms. The Labute approximate surface area is 152 Å². The van der Waals surface area contributed by atoms with Gasteiger partial charge in [0, 0.05) is 7.05 Å². The molecule has 6 nitrogen and oxygen atoms in total. The number of benzene rings is 1. The van der Waals surface area contributed by atoms with Crippen LogP contribution < -0.4 is 4.90 Å². The second-order valence-corrected chi connectivity index (χ2v) is 6.86. The van der Waals surface area contributed by atoms with Crippen LogP contribution in [0.25, 0.3) is 10.2 Å². The second kappa shape index (κ2) is 6.38. The summed E-state index contributed by atoms with van der Waals surface area (Å²) < 4.78 is 21.6. The molecule has 4 rings (SSSR count). The highest BCUT2D eigenvalue weighted by Crippen LogP contribution is 2.32. The van der Waals surface area contributed by atoms with Gasteiger partial charge < -0.3 is 4.42 Å². The van der Waals surface area contributed by atoms with Crippen molar-refractivity contribution >= 4 is 32.6 Å². The lowest BCUT2D eigenvalue weighted by molar-refractivity contribution is 0.0974. The molecule has 1 amide bonds. The van der Waals surface area contributed by atoms with Crippen LogP contribution in [-0.4, -0.2) is 20.7 Å². The fourth-order valence-electron chi connectivity index (χ4n) is 2.75. The lowest BCUT2D eigenvalue weighted by Crippen LogP contribution is -2.31. The summed E-state index contributed by atoms with van der Waals surface area (Å²) in [5.41, 5.74) is 1.42. The molecule has 1 aromatic carbocycles. The number of anilines is 1. The second-order valence-electron chi connectivity index (χ2n) is 5.85. The van der Waals surface area contributed by atoms with Gasteiger partial charge in [0.15, 0.2) is 5.13 Å². The third-order valence-electron chi connectivity index (χ3n) is 3.95. The average molecular weight is 370 g/mol. The van der Waals surface area contributed by atoms with Crippen LogP contribution in [0.3, 0.4) is 0 Å². The van der Waals surface area contributed by atoms with Crippen LogP contribution in [-0.2, 0) is 13.6 Å². The highest BCUT2D eigenvalue weighted by atomic mass is 32.1. The van der Waals surface area contributed by atoms with Crippen LogP contribution in [0.1, 0.15) is 21.9 Å². The number of carbonyl (C=O) groups excluding carboxylic acids is 1. The Balaban J connectivity index is 1.80. The summed E-state index contributed by atoms with van der Waals surface area (Å²) in [6.45, 7) is 2.01. The number of fused-ring (bicyclic) bond motifs is 1. The molecule has 3 heterocycles. The highest BCUT2D eigenvalue weighted by molar-refractivity contribution is 7.22. The number of furan rings is 1. The molecule has 0 spiro atoms. The van der Waals surface area contributed by atoms with Crippen molar-refractivity contribution in [1.29, 1.82) is 0 Å². The van der Waals surface area contributed by atoms with Crippen LogP contribution in [0, 0.1) is 12.7 Å². The summed E-state index contributed by atoms with van der Waals surface area (Å²) in [5.74, 6) is -0.0762. The number of amides is 1. The lowest BCUT2D eigenvalue weighted by atomic mass is 10.3. The first-order valence-corrected chi connectivity index (χ1v) is 8.74. The first kappa shape index (κ1) is 16.5. The fraction of sp³-hybridized carbons (Fsp3) is 0.167. The molecule has 0 atom stereocenters. The van der Waals surface area contributed by atoms with E-state index in [-0.39, 0.29) is 18.0 Å². The monoisotopic (exact) mass is 370 g/mol. The molecule has 26 heavy (non-hydrogen) atoms. The average Bonchev–Trinajstić information content (AvgIpc) is 3.32. The number of para-hydroxylation sites is 1. The van der Waals surface area contributed by atoms with Crippen molar-refractivity contribution < 1.29 is 13.6 Å². The van der Waals surface area contributed by atoms with E-state index in [1.54, 1.807) is 43.6 Å². The standard InChI is InChI=1S/C18H15FN4O2S/c1-11-9-14(22(2)21-11)17(24)23(10-12-5-4-8-25-12)18-20-16-13(19)6-3-7-15(16)26-18/h3-9H,10H2,1-2H3. The van der Waals surface area contributed by atoms with Crippen molar-refractivity contribution in [2.24, 2.45) is 7.05 Å². The first-order chi connectivity index (χ1) is 12.5. The molecule has 0 radical (unpaired) electrons. The van der Waals surface area contributed by atoms with Crippen LogP contribution in [0.15, 0.2) is 47.1 Å². The molecule has 0 aliphatic heterocycles. The van der Waals surface area contributed by atoms with Crippen LogP contribution >= 0.6 is 11.3 Å². The van der Waals surface area contributed by atoms with Crippen LogP contribution in [0.4, 0.5) is 9.52 Å². The van der Waals surface area contributed by atoms with Crippen LogP contribution in [0.5, 0.6) is 0 Å². The highest BCUT2D eigenvalue weighted by Gasteiger charge is 2.25. The molecule has 0 saturated carbocycles. The largest absolute Gasteiger partial charge is 0.467 e. The van der Waals surface area contributed by atoms with Gasteiger partial charge in [0.25, 0.3) is 5.91 Å². The quantitative estimate of drug-likeness (QED) is 0.546. The minimum atomic E-state index is -0.410. The van der Waals surface area contributed by atoms with Crippen molar-refractivity contribution in [1.82, 2.24) is 14.8 Å². The van der Waals surface area contributed by atoms with Crippen molar-refractivity contribution in [2.75, 3.05) is 4.90 Å². The van der Waals surface area contributed by atoms with E-state index >= 15 is 0 Å². The molecule has 3 aromatic heterocycles. The molecule has 0 saturated heterocycles. The minimum absolute atomic E-state index is 0.192. The zero-order chi connectivity index (χ0) is 18.3. The number of nitrogens with zero attached hydrogens (tertiary/aromatic N) is 4. The Hall–Kier alpha value is -3.00. The molecular formula is C18H15FN4O2S. The van der Waals surface area contributed by atoms with Crippen molar-refractivity contribution in [3.63, 3.8) is 0 Å². The number of carbonyl (C=O) groups is 1. The normalized spacial score (nSPS) is 11.2. The lowest BCUT2D eigenvalue weighted by Gasteiger charge is -2.18. The third-order valence-corrected chi connectivity index (χ3v) is 4.99. The SMILES string of the molecule is Cc1cc(C(=O)N(Cc2ccco2)c2nc3c(F)cccc3s2)n(C)n1. The maximum Gasteiger partial charge on any atom is 0.278 e. The predicted octanol–water partition coefficient (Wildman–Crippen LogP) is 3.92. The predicted molar refractivity (Wildman–Crippen MR) is 96.7 cm³/mol. The summed E-state index contributed by atoms with van der Waals surface area (Å²) in [5, 5.41) is 4.64. The molecule has 0 N–H and O–H groups in total. The van der Waals surface area contributed by atoms with Gasteiger partial charge in [0.1, 0.15) is 22.8 Å². The van der Waals surface area contributed by atoms with E-state index in [2.05, 4.69) is 10.1 Å². The van der Waals surface area contributed by atoms with E-state index in [4.69, 9.17) is 4.42 Å². The fourth-order valence-corrected chi connectivity index (χ4v) is 3.73. The minimum Gasteiger partial charge on any atom is -0.467 e. The zero-order valence-electron chi connectivity index (χ0n) is 14.1. The topological polar surface area (TPSA) is 64.2 Å². The Morgan fingerprint density at radius 2 is 2.19 bits per heavy atom. The van der Waals surface area contributed by atoms with E-state index in [9.17, 15) is 9.18 Å². The van der Waals surface area contributed by atoms with Crippen molar-refractivity contribution in [2.45, 2.75) is 13.5 Å². The molecular weight excluding hydrogens is 355 g/mol. The summed E-state index contributed by atoms with van der Waals surface area (Å²) in [6, 6.07) is 10.0.